The van der Waals surface area contributed by atoms with E-state index in [4.69, 9.17) is 4.99 Å². The Morgan fingerprint density at radius 1 is 1.32 bits per heavy atom. The molecule has 9 heteroatoms. The van der Waals surface area contributed by atoms with Crippen molar-refractivity contribution < 1.29 is 4.79 Å². The predicted molar refractivity (Wildman–Crippen MR) is 117 cm³/mol. The van der Waals surface area contributed by atoms with Crippen LogP contribution >= 0.6 is 11.3 Å². The summed E-state index contributed by atoms with van der Waals surface area (Å²) in [5.41, 5.74) is 0.985. The Bertz CT molecular complexity index is 624. The van der Waals surface area contributed by atoms with Gasteiger partial charge in [-0.05, 0) is 26.2 Å². The lowest BCUT2D eigenvalue weighted by atomic mass is 10.1. The first kappa shape index (κ1) is 22.4. The van der Waals surface area contributed by atoms with Crippen molar-refractivity contribution in [3.05, 3.63) is 11.1 Å². The molecule has 1 aliphatic rings. The van der Waals surface area contributed by atoms with Crippen LogP contribution in [0.1, 0.15) is 38.8 Å². The summed E-state index contributed by atoms with van der Waals surface area (Å²) in [7, 11) is 3.99. The van der Waals surface area contributed by atoms with Gasteiger partial charge in [-0.3, -0.25) is 9.69 Å². The topological polar surface area (TPSA) is 84.9 Å². The highest BCUT2D eigenvalue weighted by Crippen LogP contribution is 2.18. The van der Waals surface area contributed by atoms with Crippen molar-refractivity contribution in [2.45, 2.75) is 45.7 Å². The summed E-state index contributed by atoms with van der Waals surface area (Å²) in [5.74, 6) is 0.963. The van der Waals surface area contributed by atoms with Crippen molar-refractivity contribution in [1.82, 2.24) is 25.8 Å². The van der Waals surface area contributed by atoms with E-state index in [2.05, 4.69) is 45.1 Å². The number of aromatic nitrogens is 1. The number of nitrogens with zero attached hydrogens (tertiary/aromatic N) is 4. The minimum atomic E-state index is 0.128. The number of hydrogen-bond donors (Lipinski definition) is 3. The number of likely N-dealkylation sites (tertiary alicyclic amines) is 1. The molecule has 0 radical (unpaired) electrons. The molecule has 3 N–H and O–H groups in total. The fraction of sp³-hybridized carbons (Fsp3) is 0.737. The van der Waals surface area contributed by atoms with Crippen LogP contribution in [0.5, 0.6) is 0 Å². The smallest absolute Gasteiger partial charge is 0.234 e. The monoisotopic (exact) mass is 409 g/mol. The van der Waals surface area contributed by atoms with Crippen LogP contribution in [0.15, 0.2) is 10.4 Å². The summed E-state index contributed by atoms with van der Waals surface area (Å²) in [4.78, 5) is 25.4. The number of carbonyl (C=O) groups excluding carboxylic acids is 1. The molecule has 1 fully saturated rings. The third-order valence-corrected chi connectivity index (χ3v) is 5.59. The van der Waals surface area contributed by atoms with Crippen molar-refractivity contribution in [1.29, 1.82) is 0 Å². The minimum Gasteiger partial charge on any atom is -0.357 e. The van der Waals surface area contributed by atoms with Gasteiger partial charge in [0.25, 0.3) is 0 Å². The summed E-state index contributed by atoms with van der Waals surface area (Å²) in [6.45, 7) is 8.63. The molecule has 2 heterocycles. The molecule has 0 saturated carbocycles. The first-order valence-corrected chi connectivity index (χ1v) is 11.0. The third kappa shape index (κ3) is 7.63. The van der Waals surface area contributed by atoms with Crippen molar-refractivity contribution in [2.75, 3.05) is 51.7 Å². The van der Waals surface area contributed by atoms with Crippen molar-refractivity contribution in [2.24, 2.45) is 4.99 Å². The Hall–Kier alpha value is -1.87. The molecule has 0 aliphatic carbocycles. The van der Waals surface area contributed by atoms with Crippen LogP contribution in [-0.2, 0) is 11.3 Å². The van der Waals surface area contributed by atoms with Crippen LogP contribution in [0.25, 0.3) is 0 Å². The first-order valence-electron chi connectivity index (χ1n) is 10.2. The van der Waals surface area contributed by atoms with Gasteiger partial charge in [0.2, 0.25) is 5.91 Å². The van der Waals surface area contributed by atoms with Gasteiger partial charge in [0.1, 0.15) is 0 Å². The summed E-state index contributed by atoms with van der Waals surface area (Å²) in [5, 5.41) is 12.9. The zero-order valence-corrected chi connectivity index (χ0v) is 18.4. The van der Waals surface area contributed by atoms with Gasteiger partial charge in [0, 0.05) is 51.7 Å². The summed E-state index contributed by atoms with van der Waals surface area (Å²) in [6, 6.07) is 0.375. The molecule has 0 bridgehead atoms. The molecule has 158 valence electrons. The average Bonchev–Trinajstić information content (AvgIpc) is 3.15. The molecule has 1 saturated heterocycles. The van der Waals surface area contributed by atoms with Crippen LogP contribution in [0.4, 0.5) is 5.13 Å². The van der Waals surface area contributed by atoms with E-state index < -0.39 is 0 Å². The molecule has 0 atom stereocenters. The maximum absolute atomic E-state index is 11.9. The highest BCUT2D eigenvalue weighted by atomic mass is 32.1. The molecule has 0 spiro atoms. The van der Waals surface area contributed by atoms with E-state index in [1.807, 2.05) is 19.0 Å². The quantitative estimate of drug-likeness (QED) is 0.421. The standard InChI is InChI=1S/C19H35N7OS/c1-5-9-21-17(27)13-26-10-7-15(8-11-26)23-18(20-6-2)22-12-16-14-28-19(24-16)25(3)4/h14-15H,5-13H2,1-4H3,(H,21,27)(H2,20,22,23). The van der Waals surface area contributed by atoms with Crippen LogP contribution in [0.2, 0.25) is 0 Å². The van der Waals surface area contributed by atoms with Crippen LogP contribution in [0.3, 0.4) is 0 Å². The second-order valence-corrected chi connectivity index (χ2v) is 8.09. The number of aliphatic imine (C=N–C) groups is 1. The number of hydrogen-bond acceptors (Lipinski definition) is 6. The lowest BCUT2D eigenvalue weighted by Gasteiger charge is -2.32. The van der Waals surface area contributed by atoms with Crippen LogP contribution in [-0.4, -0.2) is 74.6 Å². The van der Waals surface area contributed by atoms with Gasteiger partial charge >= 0.3 is 0 Å². The number of guanidine groups is 1. The molecular formula is C19H35N7OS. The molecule has 1 aliphatic heterocycles. The maximum Gasteiger partial charge on any atom is 0.234 e. The lowest BCUT2D eigenvalue weighted by molar-refractivity contribution is -0.122. The molecule has 8 nitrogen and oxygen atoms in total. The van der Waals surface area contributed by atoms with Gasteiger partial charge in [-0.2, -0.15) is 0 Å². The number of piperidine rings is 1. The molecular weight excluding hydrogens is 374 g/mol. The number of thiazole rings is 1. The Labute approximate surface area is 172 Å². The zero-order chi connectivity index (χ0) is 20.4. The van der Waals surface area contributed by atoms with Crippen LogP contribution in [0, 0.1) is 0 Å². The average molecular weight is 410 g/mol. The van der Waals surface area contributed by atoms with Gasteiger partial charge in [-0.15, -0.1) is 11.3 Å². The second kappa shape index (κ2) is 11.9. The second-order valence-electron chi connectivity index (χ2n) is 7.26. The summed E-state index contributed by atoms with van der Waals surface area (Å²) < 4.78 is 0. The molecule has 28 heavy (non-hydrogen) atoms. The lowest BCUT2D eigenvalue weighted by Crippen LogP contribution is -2.50. The Morgan fingerprint density at radius 2 is 2.07 bits per heavy atom. The summed E-state index contributed by atoms with van der Waals surface area (Å²) >= 11 is 1.63. The molecule has 0 aromatic carbocycles. The Balaban J connectivity index is 1.79. The van der Waals surface area contributed by atoms with Crippen molar-refractivity contribution >= 4 is 28.3 Å². The third-order valence-electron chi connectivity index (χ3n) is 4.53. The van der Waals surface area contributed by atoms with Gasteiger partial charge in [-0.25, -0.2) is 9.98 Å². The molecule has 0 unspecified atom stereocenters. The van der Waals surface area contributed by atoms with Gasteiger partial charge in [0.05, 0.1) is 18.8 Å². The van der Waals surface area contributed by atoms with Crippen molar-refractivity contribution in [3.8, 4) is 0 Å². The predicted octanol–water partition coefficient (Wildman–Crippen LogP) is 1.25. The molecule has 1 amide bonds. The van der Waals surface area contributed by atoms with Gasteiger partial charge in [-0.1, -0.05) is 6.92 Å². The van der Waals surface area contributed by atoms with E-state index in [9.17, 15) is 4.79 Å². The number of nitrogens with one attached hydrogen (secondary N) is 3. The van der Waals surface area contributed by atoms with E-state index in [1.165, 1.54) is 0 Å². The van der Waals surface area contributed by atoms with Crippen LogP contribution < -0.4 is 20.9 Å². The van der Waals surface area contributed by atoms with Crippen molar-refractivity contribution in [3.63, 3.8) is 0 Å². The largest absolute Gasteiger partial charge is 0.357 e. The molecule has 1 aromatic rings. The first-order chi connectivity index (χ1) is 13.5. The highest BCUT2D eigenvalue weighted by molar-refractivity contribution is 7.13. The minimum absolute atomic E-state index is 0.128. The SMILES string of the molecule is CCCNC(=O)CN1CCC(NC(=NCc2csc(N(C)C)n2)NCC)CC1. The number of carbonyl (C=O) groups is 1. The summed E-state index contributed by atoms with van der Waals surface area (Å²) in [6.07, 6.45) is 2.99. The number of amides is 1. The zero-order valence-electron chi connectivity index (χ0n) is 17.6. The highest BCUT2D eigenvalue weighted by Gasteiger charge is 2.21. The number of rotatable bonds is 9. The van der Waals surface area contributed by atoms with E-state index in [0.717, 1.165) is 62.2 Å². The van der Waals surface area contributed by atoms with E-state index >= 15 is 0 Å². The Kier molecular flexibility index (Phi) is 9.49. The van der Waals surface area contributed by atoms with E-state index in [1.54, 1.807) is 11.3 Å². The maximum atomic E-state index is 11.9. The normalized spacial score (nSPS) is 16.1. The fourth-order valence-electron chi connectivity index (χ4n) is 3.01. The number of anilines is 1. The van der Waals surface area contributed by atoms with E-state index in [-0.39, 0.29) is 5.91 Å². The Morgan fingerprint density at radius 3 is 2.68 bits per heavy atom. The van der Waals surface area contributed by atoms with Gasteiger partial charge < -0.3 is 20.9 Å². The van der Waals surface area contributed by atoms with E-state index in [0.29, 0.717) is 19.1 Å². The van der Waals surface area contributed by atoms with Gasteiger partial charge in [0.15, 0.2) is 11.1 Å². The molecule has 2 rings (SSSR count). The fourth-order valence-corrected chi connectivity index (χ4v) is 3.76. The molecule has 1 aromatic heterocycles.